The number of hydrogen-bond acceptors (Lipinski definition) is 2. The molecule has 0 bridgehead atoms. The number of likely N-dealkylation sites (tertiary alicyclic amines) is 1. The second-order valence-corrected chi connectivity index (χ2v) is 2.21. The van der Waals surface area contributed by atoms with Crippen LogP contribution in [0.2, 0.25) is 0 Å². The predicted octanol–water partition coefficient (Wildman–Crippen LogP) is 0.599. The maximum Gasteiger partial charge on any atom is 0.0792 e. The average molecular weight is 218 g/mol. The van der Waals surface area contributed by atoms with Gasteiger partial charge in [-0.1, -0.05) is 6.61 Å². The Balaban J connectivity index is 0. The Hall–Kier alpha value is 1.02. The molecule has 0 atom stereocenters. The first-order chi connectivity index (χ1) is 3.83. The van der Waals surface area contributed by atoms with Crippen molar-refractivity contribution < 1.29 is 37.4 Å². The van der Waals surface area contributed by atoms with Crippen molar-refractivity contribution in [2.75, 3.05) is 26.7 Å². The zero-order chi connectivity index (χ0) is 5.98. The van der Waals surface area contributed by atoms with Gasteiger partial charge >= 0.3 is 0 Å². The van der Waals surface area contributed by atoms with Crippen molar-refractivity contribution in [1.29, 1.82) is 0 Å². The molecule has 0 aromatic heterocycles. The summed E-state index contributed by atoms with van der Waals surface area (Å²) in [6.07, 6.45) is 0.470. The minimum atomic E-state index is 0. The van der Waals surface area contributed by atoms with E-state index in [2.05, 4.69) is 18.9 Å². The van der Waals surface area contributed by atoms with E-state index in [0.717, 1.165) is 13.1 Å². The van der Waals surface area contributed by atoms with Crippen LogP contribution >= 0.6 is 0 Å². The first-order valence-corrected chi connectivity index (χ1v) is 2.92. The molecule has 0 aromatic carbocycles. The molecule has 0 spiro atoms. The largest absolute Gasteiger partial charge is 0.407 e. The zero-order valence-corrected chi connectivity index (χ0v) is 9.68. The second kappa shape index (κ2) is 6.72. The van der Waals surface area contributed by atoms with Gasteiger partial charge in [0.15, 0.2) is 0 Å². The maximum absolute atomic E-state index is 5.20. The molecule has 0 aromatic rings. The first kappa shape index (κ1) is 13.6. The number of nitrogens with zero attached hydrogens (tertiary/aromatic N) is 1. The molecule has 1 fully saturated rings. The normalized spacial score (nSPS) is 18.6. The summed E-state index contributed by atoms with van der Waals surface area (Å²) in [6.45, 7) is 6.36. The molecule has 1 heterocycles. The molecule has 0 N–H and O–H groups in total. The molecule has 10 heavy (non-hydrogen) atoms. The SMILES string of the molecule is [CH2-]COC1CN(C)C1.[CH3-].[Y]. The van der Waals surface area contributed by atoms with Gasteiger partial charge in [0.05, 0.1) is 6.10 Å². The van der Waals surface area contributed by atoms with Crippen LogP contribution in [0.25, 0.3) is 0 Å². The predicted molar refractivity (Wildman–Crippen MR) is 39.0 cm³/mol. The van der Waals surface area contributed by atoms with Gasteiger partial charge in [-0.3, -0.25) is 0 Å². The summed E-state index contributed by atoms with van der Waals surface area (Å²) in [5, 5.41) is 0. The van der Waals surface area contributed by atoms with Gasteiger partial charge < -0.3 is 24.0 Å². The van der Waals surface area contributed by atoms with Crippen LogP contribution in [-0.2, 0) is 37.4 Å². The summed E-state index contributed by atoms with van der Waals surface area (Å²) in [6, 6.07) is 0. The average Bonchev–Trinajstić information content (AvgIpc) is 1.64. The van der Waals surface area contributed by atoms with Crippen LogP contribution in [0, 0.1) is 14.4 Å². The van der Waals surface area contributed by atoms with E-state index in [9.17, 15) is 0 Å². The van der Waals surface area contributed by atoms with Crippen molar-refractivity contribution in [3.8, 4) is 0 Å². The van der Waals surface area contributed by atoms with Gasteiger partial charge in [0.1, 0.15) is 0 Å². The number of hydrogen-bond donors (Lipinski definition) is 0. The molecule has 0 amide bonds. The fraction of sp³-hybridized carbons (Fsp3) is 0.714. The quantitative estimate of drug-likeness (QED) is 0.629. The Kier molecular flexibility index (Phi) is 9.14. The minimum Gasteiger partial charge on any atom is -0.407 e. The van der Waals surface area contributed by atoms with Gasteiger partial charge in [-0.25, -0.2) is 0 Å². The van der Waals surface area contributed by atoms with E-state index in [1.807, 2.05) is 0 Å². The molecule has 1 saturated heterocycles. The summed E-state index contributed by atoms with van der Waals surface area (Å²) in [5.41, 5.74) is 0. The van der Waals surface area contributed by atoms with Crippen LogP contribution in [0.15, 0.2) is 0 Å². The van der Waals surface area contributed by atoms with Crippen LogP contribution in [-0.4, -0.2) is 37.7 Å². The van der Waals surface area contributed by atoms with Crippen molar-refractivity contribution in [3.63, 3.8) is 0 Å². The molecule has 1 rings (SSSR count). The van der Waals surface area contributed by atoms with Gasteiger partial charge in [0, 0.05) is 45.8 Å². The van der Waals surface area contributed by atoms with Crippen LogP contribution < -0.4 is 0 Å². The van der Waals surface area contributed by atoms with Crippen LogP contribution in [0.4, 0.5) is 0 Å². The van der Waals surface area contributed by atoms with Crippen molar-refractivity contribution in [3.05, 3.63) is 14.4 Å². The van der Waals surface area contributed by atoms with E-state index >= 15 is 0 Å². The Morgan fingerprint density at radius 1 is 1.60 bits per heavy atom. The van der Waals surface area contributed by atoms with E-state index in [1.54, 1.807) is 0 Å². The molecule has 1 aliphatic rings. The fourth-order valence-electron chi connectivity index (χ4n) is 0.914. The third-order valence-electron chi connectivity index (χ3n) is 1.38. The third-order valence-corrected chi connectivity index (χ3v) is 1.38. The van der Waals surface area contributed by atoms with Gasteiger partial charge in [-0.15, -0.1) is 0 Å². The smallest absolute Gasteiger partial charge is 0.0792 e. The molecule has 3 heteroatoms. The summed E-state index contributed by atoms with van der Waals surface area (Å²) < 4.78 is 5.20. The van der Waals surface area contributed by atoms with E-state index < -0.39 is 0 Å². The molecule has 59 valence electrons. The van der Waals surface area contributed by atoms with Crippen molar-refractivity contribution in [2.24, 2.45) is 0 Å². The van der Waals surface area contributed by atoms with Gasteiger partial charge in [0.2, 0.25) is 0 Å². The Labute approximate surface area is 89.2 Å². The van der Waals surface area contributed by atoms with Crippen molar-refractivity contribution in [2.45, 2.75) is 6.10 Å². The van der Waals surface area contributed by atoms with E-state index in [4.69, 9.17) is 4.74 Å². The molecule has 2 nitrogen and oxygen atoms in total. The zero-order valence-electron chi connectivity index (χ0n) is 6.84. The van der Waals surface area contributed by atoms with Gasteiger partial charge in [-0.05, 0) is 7.05 Å². The van der Waals surface area contributed by atoms with E-state index in [-0.39, 0.29) is 40.1 Å². The topological polar surface area (TPSA) is 12.5 Å². The standard InChI is InChI=1S/C6H12NO.CH3.Y/c1-3-8-6-4-7(2)5-6;;/h6H,1,3-5H2,2H3;1H3;/q2*-1;. The monoisotopic (exact) mass is 218 g/mol. The molecule has 0 saturated carbocycles. The van der Waals surface area contributed by atoms with Crippen molar-refractivity contribution >= 4 is 0 Å². The van der Waals surface area contributed by atoms with E-state index in [1.165, 1.54) is 0 Å². The molecule has 1 aliphatic heterocycles. The van der Waals surface area contributed by atoms with Crippen LogP contribution in [0.3, 0.4) is 0 Å². The Morgan fingerprint density at radius 3 is 2.40 bits per heavy atom. The summed E-state index contributed by atoms with van der Waals surface area (Å²) in [7, 11) is 2.09. The maximum atomic E-state index is 5.20. The van der Waals surface area contributed by atoms with Gasteiger partial charge in [-0.2, -0.15) is 0 Å². The molecular formula is C7H15NOY-2. The summed E-state index contributed by atoms with van der Waals surface area (Å²) in [4.78, 5) is 2.22. The summed E-state index contributed by atoms with van der Waals surface area (Å²) >= 11 is 0. The second-order valence-electron chi connectivity index (χ2n) is 2.21. The molecule has 0 unspecified atom stereocenters. The van der Waals surface area contributed by atoms with Crippen LogP contribution in [0.1, 0.15) is 0 Å². The van der Waals surface area contributed by atoms with Crippen LogP contribution in [0.5, 0.6) is 0 Å². The fourth-order valence-corrected chi connectivity index (χ4v) is 0.914. The number of ether oxygens (including phenoxy) is 1. The van der Waals surface area contributed by atoms with Crippen molar-refractivity contribution in [1.82, 2.24) is 4.90 Å². The Bertz CT molecular complexity index is 71.3. The van der Waals surface area contributed by atoms with Gasteiger partial charge in [0.25, 0.3) is 0 Å². The minimum absolute atomic E-state index is 0. The molecule has 1 radical (unpaired) electrons. The number of likely N-dealkylation sites (N-methyl/N-ethyl adjacent to an activating group) is 1. The third kappa shape index (κ3) is 4.02. The van der Waals surface area contributed by atoms with E-state index in [0.29, 0.717) is 12.7 Å². The number of rotatable bonds is 2. The summed E-state index contributed by atoms with van der Waals surface area (Å²) in [5.74, 6) is 0. The molecular weight excluding hydrogens is 203 g/mol. The molecule has 0 aliphatic carbocycles. The first-order valence-electron chi connectivity index (χ1n) is 2.92. The Morgan fingerprint density at radius 2 is 2.10 bits per heavy atom.